The molecule has 96 valence electrons. The van der Waals surface area contributed by atoms with Gasteiger partial charge in [-0.25, -0.2) is 13.8 Å². The largest absolute Gasteiger partial charge is 0.475 e. The highest BCUT2D eigenvalue weighted by molar-refractivity contribution is 7.09. The van der Waals surface area contributed by atoms with Crippen molar-refractivity contribution in [1.82, 2.24) is 9.97 Å². The molecule has 2 heterocycles. The van der Waals surface area contributed by atoms with Crippen LogP contribution in [-0.4, -0.2) is 16.6 Å². The van der Waals surface area contributed by atoms with Crippen LogP contribution in [0.1, 0.15) is 10.6 Å². The molecule has 0 atom stereocenters. The number of aryl methyl sites for hydroxylation is 1. The summed E-state index contributed by atoms with van der Waals surface area (Å²) in [4.78, 5) is 8.66. The van der Waals surface area contributed by atoms with Crippen molar-refractivity contribution in [1.29, 1.82) is 0 Å². The van der Waals surface area contributed by atoms with Gasteiger partial charge in [-0.3, -0.25) is 0 Å². The number of nitrogens with two attached hydrogens (primary N) is 1. The Hall–Kier alpha value is -1.76. The molecule has 0 saturated heterocycles. The number of nitrogens with zero attached hydrogens (tertiary/aromatic N) is 2. The van der Waals surface area contributed by atoms with Crippen molar-refractivity contribution in [2.24, 2.45) is 0 Å². The second-order valence-electron chi connectivity index (χ2n) is 3.60. The van der Waals surface area contributed by atoms with E-state index in [1.807, 2.05) is 6.92 Å². The van der Waals surface area contributed by atoms with Gasteiger partial charge in [0.25, 0.3) is 5.88 Å². The lowest BCUT2D eigenvalue weighted by atomic mass is 10.3. The monoisotopic (exact) mass is 271 g/mol. The molecule has 2 aromatic rings. The van der Waals surface area contributed by atoms with E-state index in [1.54, 1.807) is 5.51 Å². The fourth-order valence-electron chi connectivity index (χ4n) is 1.37. The van der Waals surface area contributed by atoms with Crippen LogP contribution in [0.4, 0.5) is 14.6 Å². The van der Waals surface area contributed by atoms with Gasteiger partial charge in [0, 0.05) is 17.4 Å². The fourth-order valence-corrected chi connectivity index (χ4v) is 2.13. The maximum atomic E-state index is 13.3. The molecule has 2 aromatic heterocycles. The van der Waals surface area contributed by atoms with E-state index in [0.29, 0.717) is 12.5 Å². The average molecular weight is 271 g/mol. The van der Waals surface area contributed by atoms with Crippen LogP contribution in [-0.2, 0) is 6.42 Å². The van der Waals surface area contributed by atoms with Crippen molar-refractivity contribution in [2.75, 3.05) is 12.3 Å². The molecule has 7 heteroatoms. The van der Waals surface area contributed by atoms with Crippen molar-refractivity contribution in [3.63, 3.8) is 0 Å². The third kappa shape index (κ3) is 2.73. The van der Waals surface area contributed by atoms with Gasteiger partial charge in [-0.05, 0) is 6.92 Å². The molecular formula is C11H11F2N3OS. The van der Waals surface area contributed by atoms with Gasteiger partial charge in [0.1, 0.15) is 0 Å². The summed E-state index contributed by atoms with van der Waals surface area (Å²) in [5, 5.41) is 0. The van der Waals surface area contributed by atoms with Crippen LogP contribution < -0.4 is 10.5 Å². The Morgan fingerprint density at radius 1 is 1.39 bits per heavy atom. The second-order valence-corrected chi connectivity index (χ2v) is 4.54. The number of thiazole rings is 1. The molecule has 0 fully saturated rings. The van der Waals surface area contributed by atoms with E-state index < -0.39 is 11.6 Å². The zero-order chi connectivity index (χ0) is 13.1. The highest BCUT2D eigenvalue weighted by atomic mass is 32.1. The van der Waals surface area contributed by atoms with Gasteiger partial charge < -0.3 is 10.5 Å². The molecule has 0 bridgehead atoms. The van der Waals surface area contributed by atoms with Gasteiger partial charge in [0.05, 0.1) is 17.8 Å². The minimum absolute atomic E-state index is 0.234. The van der Waals surface area contributed by atoms with E-state index in [1.165, 1.54) is 11.3 Å². The number of aromatic nitrogens is 2. The van der Waals surface area contributed by atoms with Crippen LogP contribution in [0, 0.1) is 18.6 Å². The van der Waals surface area contributed by atoms with Gasteiger partial charge in [0.15, 0.2) is 17.5 Å². The Morgan fingerprint density at radius 2 is 2.17 bits per heavy atom. The van der Waals surface area contributed by atoms with Crippen LogP contribution in [0.5, 0.6) is 5.88 Å². The number of hydrogen-bond acceptors (Lipinski definition) is 5. The lowest BCUT2D eigenvalue weighted by molar-refractivity contribution is 0.292. The van der Waals surface area contributed by atoms with Crippen LogP contribution in [0.2, 0.25) is 0 Å². The highest BCUT2D eigenvalue weighted by Gasteiger charge is 2.11. The minimum Gasteiger partial charge on any atom is -0.475 e. The number of ether oxygens (including phenoxy) is 1. The molecule has 0 aliphatic heterocycles. The molecule has 2 N–H and O–H groups in total. The topological polar surface area (TPSA) is 61.0 Å². The van der Waals surface area contributed by atoms with Crippen molar-refractivity contribution >= 4 is 17.2 Å². The molecule has 4 nitrogen and oxygen atoms in total. The van der Waals surface area contributed by atoms with Gasteiger partial charge in [-0.2, -0.15) is 4.98 Å². The van der Waals surface area contributed by atoms with Crippen LogP contribution >= 0.6 is 11.3 Å². The first kappa shape index (κ1) is 12.7. The molecule has 2 rings (SSSR count). The van der Waals surface area contributed by atoms with Crippen molar-refractivity contribution in [3.8, 4) is 5.88 Å². The standard InChI is InChI=1S/C11H11F2N3OS/c1-6-9(18-5-15-6)2-3-17-11-8(13)4-7(12)10(14)16-11/h4-5H,2-3H2,1H3,(H2,14,16). The van der Waals surface area contributed by atoms with E-state index in [0.717, 1.165) is 10.6 Å². The quantitative estimate of drug-likeness (QED) is 0.927. The minimum atomic E-state index is -0.891. The van der Waals surface area contributed by atoms with Gasteiger partial charge in [-0.1, -0.05) is 0 Å². The number of halogens is 2. The first-order chi connectivity index (χ1) is 8.58. The predicted octanol–water partition coefficient (Wildman–Crippen LogP) is 2.33. The van der Waals surface area contributed by atoms with Crippen molar-refractivity contribution in [2.45, 2.75) is 13.3 Å². The van der Waals surface area contributed by atoms with Crippen LogP contribution in [0.3, 0.4) is 0 Å². The van der Waals surface area contributed by atoms with Crippen molar-refractivity contribution < 1.29 is 13.5 Å². The van der Waals surface area contributed by atoms with E-state index in [2.05, 4.69) is 9.97 Å². The second kappa shape index (κ2) is 5.26. The fraction of sp³-hybridized carbons (Fsp3) is 0.273. The van der Waals surface area contributed by atoms with E-state index in [-0.39, 0.29) is 18.3 Å². The normalized spacial score (nSPS) is 10.6. The molecule has 0 saturated carbocycles. The number of nitrogen functional groups attached to an aromatic ring is 1. The Bertz CT molecular complexity index is 559. The van der Waals surface area contributed by atoms with Gasteiger partial charge >= 0.3 is 0 Å². The van der Waals surface area contributed by atoms with E-state index in [4.69, 9.17) is 10.5 Å². The smallest absolute Gasteiger partial charge is 0.252 e. The molecule has 0 amide bonds. The Balaban J connectivity index is 1.99. The SMILES string of the molecule is Cc1ncsc1CCOc1nc(N)c(F)cc1F. The maximum absolute atomic E-state index is 13.3. The number of hydrogen-bond donors (Lipinski definition) is 1. The Labute approximate surface area is 106 Å². The molecule has 0 radical (unpaired) electrons. The predicted molar refractivity (Wildman–Crippen MR) is 64.6 cm³/mol. The Kier molecular flexibility index (Phi) is 3.71. The highest BCUT2D eigenvalue weighted by Crippen LogP contribution is 2.19. The van der Waals surface area contributed by atoms with Crippen LogP contribution in [0.25, 0.3) is 0 Å². The summed E-state index contributed by atoms with van der Waals surface area (Å²) in [5.41, 5.74) is 7.90. The third-order valence-electron chi connectivity index (χ3n) is 2.34. The maximum Gasteiger partial charge on any atom is 0.252 e. The van der Waals surface area contributed by atoms with Crippen molar-refractivity contribution in [3.05, 3.63) is 33.8 Å². The summed E-state index contributed by atoms with van der Waals surface area (Å²) in [6.07, 6.45) is 0.592. The molecule has 18 heavy (non-hydrogen) atoms. The number of anilines is 1. The lowest BCUT2D eigenvalue weighted by Crippen LogP contribution is -2.06. The third-order valence-corrected chi connectivity index (χ3v) is 3.33. The molecule has 0 aliphatic carbocycles. The van der Waals surface area contributed by atoms with Crippen LogP contribution in [0.15, 0.2) is 11.6 Å². The summed E-state index contributed by atoms with van der Waals surface area (Å²) in [6.45, 7) is 2.12. The zero-order valence-corrected chi connectivity index (χ0v) is 10.4. The van der Waals surface area contributed by atoms with Gasteiger partial charge in [-0.15, -0.1) is 11.3 Å². The summed E-state index contributed by atoms with van der Waals surface area (Å²) in [6, 6.07) is 0.662. The van der Waals surface area contributed by atoms with Gasteiger partial charge in [0.2, 0.25) is 0 Å². The first-order valence-corrected chi connectivity index (χ1v) is 6.09. The summed E-state index contributed by atoms with van der Waals surface area (Å²) >= 11 is 1.50. The summed E-state index contributed by atoms with van der Waals surface area (Å²) in [7, 11) is 0. The number of pyridine rings is 1. The summed E-state index contributed by atoms with van der Waals surface area (Å²) in [5.74, 6) is -2.41. The first-order valence-electron chi connectivity index (χ1n) is 5.21. The zero-order valence-electron chi connectivity index (χ0n) is 9.61. The molecular weight excluding hydrogens is 260 g/mol. The lowest BCUT2D eigenvalue weighted by Gasteiger charge is -2.06. The molecule has 0 spiro atoms. The molecule has 0 aromatic carbocycles. The molecule has 0 aliphatic rings. The Morgan fingerprint density at radius 3 is 2.83 bits per heavy atom. The van der Waals surface area contributed by atoms with E-state index in [9.17, 15) is 8.78 Å². The average Bonchev–Trinajstić information content (AvgIpc) is 2.72. The summed E-state index contributed by atoms with van der Waals surface area (Å²) < 4.78 is 31.3. The molecule has 0 unspecified atom stereocenters. The number of rotatable bonds is 4. The van der Waals surface area contributed by atoms with E-state index >= 15 is 0 Å².